The molecule has 1 heterocycles. The van der Waals surface area contributed by atoms with Gasteiger partial charge >= 0.3 is 0 Å². The predicted octanol–water partition coefficient (Wildman–Crippen LogP) is 15.6. The molecule has 0 aliphatic heterocycles. The molecular formula is C61H41N3. The summed E-state index contributed by atoms with van der Waals surface area (Å²) in [6.07, 6.45) is 0. The average molecular weight is 816 g/mol. The zero-order valence-electron chi connectivity index (χ0n) is 35.3. The normalized spacial score (nSPS) is 12.9. The van der Waals surface area contributed by atoms with Crippen LogP contribution in [0.1, 0.15) is 28.2 Å². The van der Waals surface area contributed by atoms with E-state index in [-0.39, 0.29) is 5.92 Å². The molecule has 1 aromatic heterocycles. The molecule has 1 atom stereocenters. The first kappa shape index (κ1) is 37.5. The van der Waals surface area contributed by atoms with E-state index in [1.54, 1.807) is 0 Å². The summed E-state index contributed by atoms with van der Waals surface area (Å²) < 4.78 is 0. The van der Waals surface area contributed by atoms with E-state index in [0.29, 0.717) is 17.5 Å². The molecule has 3 heteroatoms. The summed E-state index contributed by atoms with van der Waals surface area (Å²) in [5.41, 5.74) is 17.9. The van der Waals surface area contributed by atoms with Crippen LogP contribution in [0.5, 0.6) is 0 Å². The van der Waals surface area contributed by atoms with Crippen LogP contribution in [0.2, 0.25) is 0 Å². The van der Waals surface area contributed by atoms with Gasteiger partial charge in [0.2, 0.25) is 0 Å². The van der Waals surface area contributed by atoms with Crippen LogP contribution in [-0.4, -0.2) is 15.0 Å². The van der Waals surface area contributed by atoms with Crippen molar-refractivity contribution in [3.63, 3.8) is 0 Å². The van der Waals surface area contributed by atoms with Crippen LogP contribution in [0.25, 0.3) is 100 Å². The van der Waals surface area contributed by atoms with Gasteiger partial charge in [-0.05, 0) is 119 Å². The minimum Gasteiger partial charge on any atom is -0.208 e. The third-order valence-corrected chi connectivity index (χ3v) is 13.0. The number of nitrogens with zero attached hydrogens (tertiary/aromatic N) is 3. The van der Waals surface area contributed by atoms with Gasteiger partial charge in [-0.25, -0.2) is 15.0 Å². The SMILES string of the molecule is Cc1ccccc1-c1cc2ccccc2c2cc(-c3ccc(C4c5ccccc5-c5ccc(-c6cccc(-c7nc(-c8ccccc8)nc(-c8ccccc8)n7)c6)cc54)cc3)ccc12. The largest absolute Gasteiger partial charge is 0.208 e. The third-order valence-electron chi connectivity index (χ3n) is 13.0. The Hall–Kier alpha value is -8.27. The van der Waals surface area contributed by atoms with Crippen molar-refractivity contribution < 1.29 is 0 Å². The monoisotopic (exact) mass is 815 g/mol. The summed E-state index contributed by atoms with van der Waals surface area (Å²) in [6, 6.07) is 80.8. The van der Waals surface area contributed by atoms with E-state index in [1.807, 2.05) is 60.7 Å². The van der Waals surface area contributed by atoms with Crippen molar-refractivity contribution in [1.82, 2.24) is 15.0 Å². The Labute approximate surface area is 373 Å². The molecule has 3 nitrogen and oxygen atoms in total. The van der Waals surface area contributed by atoms with Gasteiger partial charge in [0.25, 0.3) is 0 Å². The van der Waals surface area contributed by atoms with E-state index < -0.39 is 0 Å². The number of aryl methyl sites for hydroxylation is 1. The molecule has 1 aliphatic rings. The van der Waals surface area contributed by atoms with Gasteiger partial charge in [-0.1, -0.05) is 200 Å². The highest BCUT2D eigenvalue weighted by Crippen LogP contribution is 2.49. The van der Waals surface area contributed by atoms with Crippen molar-refractivity contribution in [2.24, 2.45) is 0 Å². The van der Waals surface area contributed by atoms with E-state index in [4.69, 9.17) is 15.0 Å². The summed E-state index contributed by atoms with van der Waals surface area (Å²) in [6.45, 7) is 2.20. The fourth-order valence-electron chi connectivity index (χ4n) is 9.77. The van der Waals surface area contributed by atoms with Crippen molar-refractivity contribution in [2.45, 2.75) is 12.8 Å². The maximum absolute atomic E-state index is 5.03. The van der Waals surface area contributed by atoms with Crippen LogP contribution < -0.4 is 0 Å². The molecule has 10 aromatic carbocycles. The fraction of sp³-hybridized carbons (Fsp3) is 0.0328. The quantitative estimate of drug-likeness (QED) is 0.150. The first-order valence-electron chi connectivity index (χ1n) is 22.0. The molecule has 1 aliphatic carbocycles. The molecule has 1 unspecified atom stereocenters. The Kier molecular flexibility index (Phi) is 9.12. The Balaban J connectivity index is 0.915. The zero-order chi connectivity index (χ0) is 42.6. The van der Waals surface area contributed by atoms with E-state index in [1.165, 1.54) is 77.2 Å². The lowest BCUT2D eigenvalue weighted by Gasteiger charge is -2.17. The summed E-state index contributed by atoms with van der Waals surface area (Å²) in [4.78, 5) is 15.0. The van der Waals surface area contributed by atoms with Gasteiger partial charge in [0, 0.05) is 22.6 Å². The second-order valence-electron chi connectivity index (χ2n) is 16.8. The van der Waals surface area contributed by atoms with Crippen molar-refractivity contribution in [3.05, 3.63) is 247 Å². The lowest BCUT2D eigenvalue weighted by atomic mass is 9.86. The zero-order valence-corrected chi connectivity index (χ0v) is 35.3. The van der Waals surface area contributed by atoms with Crippen LogP contribution in [0.3, 0.4) is 0 Å². The van der Waals surface area contributed by atoms with Gasteiger partial charge in [0.15, 0.2) is 17.5 Å². The highest BCUT2D eigenvalue weighted by Gasteiger charge is 2.30. The van der Waals surface area contributed by atoms with Gasteiger partial charge in [0.05, 0.1) is 0 Å². The summed E-state index contributed by atoms with van der Waals surface area (Å²) in [5, 5.41) is 5.08. The number of hydrogen-bond donors (Lipinski definition) is 0. The maximum Gasteiger partial charge on any atom is 0.164 e. The van der Waals surface area contributed by atoms with Crippen LogP contribution >= 0.6 is 0 Å². The second kappa shape index (κ2) is 15.6. The molecule has 0 saturated carbocycles. The highest BCUT2D eigenvalue weighted by molar-refractivity contribution is 6.15. The topological polar surface area (TPSA) is 38.7 Å². The molecular weight excluding hydrogens is 775 g/mol. The Morgan fingerprint density at radius 3 is 1.59 bits per heavy atom. The van der Waals surface area contributed by atoms with Crippen molar-refractivity contribution in [2.75, 3.05) is 0 Å². The molecule has 64 heavy (non-hydrogen) atoms. The molecule has 0 bridgehead atoms. The summed E-state index contributed by atoms with van der Waals surface area (Å²) in [7, 11) is 0. The second-order valence-corrected chi connectivity index (χ2v) is 16.8. The standard InChI is InChI=1S/C61H41N3/c1-39-15-8-10-23-49(39)55-38-47-20-9-11-24-50(47)56-36-45(31-34-53(55)56)40-27-29-41(30-28-40)58-54-26-13-12-25-51(54)52-33-32-46(37-57(52)58)44-21-14-22-48(35-44)61-63-59(42-16-4-2-5-17-42)62-60(64-61)43-18-6-3-7-19-43/h2-38,58H,1H3. The number of rotatable bonds is 7. The number of benzene rings is 10. The number of aromatic nitrogens is 3. The van der Waals surface area contributed by atoms with E-state index in [0.717, 1.165) is 27.8 Å². The average Bonchev–Trinajstić information content (AvgIpc) is 3.70. The lowest BCUT2D eigenvalue weighted by Crippen LogP contribution is -2.00. The Morgan fingerprint density at radius 1 is 0.297 bits per heavy atom. The van der Waals surface area contributed by atoms with Gasteiger partial charge in [0.1, 0.15) is 0 Å². The van der Waals surface area contributed by atoms with Crippen molar-refractivity contribution >= 4 is 21.5 Å². The first-order chi connectivity index (χ1) is 31.6. The van der Waals surface area contributed by atoms with Gasteiger partial charge < -0.3 is 0 Å². The molecule has 12 rings (SSSR count). The van der Waals surface area contributed by atoms with Gasteiger partial charge in [-0.3, -0.25) is 0 Å². The Bertz CT molecular complexity index is 3500. The first-order valence-corrected chi connectivity index (χ1v) is 22.0. The lowest BCUT2D eigenvalue weighted by molar-refractivity contribution is 1.02. The van der Waals surface area contributed by atoms with E-state index in [2.05, 4.69) is 171 Å². The fourth-order valence-corrected chi connectivity index (χ4v) is 9.77. The predicted molar refractivity (Wildman–Crippen MR) is 265 cm³/mol. The number of hydrogen-bond acceptors (Lipinski definition) is 3. The molecule has 0 saturated heterocycles. The molecule has 0 radical (unpaired) electrons. The molecule has 0 fully saturated rings. The minimum atomic E-state index is 0.103. The summed E-state index contributed by atoms with van der Waals surface area (Å²) >= 11 is 0. The van der Waals surface area contributed by atoms with Crippen LogP contribution in [0.15, 0.2) is 224 Å². The van der Waals surface area contributed by atoms with E-state index >= 15 is 0 Å². The van der Waals surface area contributed by atoms with Crippen LogP contribution in [0, 0.1) is 6.92 Å². The smallest absolute Gasteiger partial charge is 0.164 e. The molecule has 0 spiro atoms. The minimum absolute atomic E-state index is 0.103. The van der Waals surface area contributed by atoms with Crippen LogP contribution in [-0.2, 0) is 0 Å². The van der Waals surface area contributed by atoms with Crippen LogP contribution in [0.4, 0.5) is 0 Å². The molecule has 11 aromatic rings. The van der Waals surface area contributed by atoms with Gasteiger partial charge in [-0.15, -0.1) is 0 Å². The third kappa shape index (κ3) is 6.58. The number of fused-ring (bicyclic) bond motifs is 6. The molecule has 300 valence electrons. The molecule has 0 N–H and O–H groups in total. The van der Waals surface area contributed by atoms with E-state index in [9.17, 15) is 0 Å². The Morgan fingerprint density at radius 2 is 0.844 bits per heavy atom. The summed E-state index contributed by atoms with van der Waals surface area (Å²) in [5.74, 6) is 2.05. The highest BCUT2D eigenvalue weighted by atomic mass is 15.0. The maximum atomic E-state index is 5.03. The van der Waals surface area contributed by atoms with Crippen molar-refractivity contribution in [3.8, 4) is 78.7 Å². The van der Waals surface area contributed by atoms with Gasteiger partial charge in [-0.2, -0.15) is 0 Å². The van der Waals surface area contributed by atoms with Crippen molar-refractivity contribution in [1.29, 1.82) is 0 Å². The molecule has 0 amide bonds.